The van der Waals surface area contributed by atoms with Crippen LogP contribution >= 0.6 is 11.8 Å². The molecule has 1 aromatic heterocycles. The molecule has 1 unspecified atom stereocenters. The summed E-state index contributed by atoms with van der Waals surface area (Å²) in [7, 11) is 0. The zero-order valence-electron chi connectivity index (χ0n) is 16.0. The van der Waals surface area contributed by atoms with Crippen LogP contribution in [0.5, 0.6) is 0 Å². The van der Waals surface area contributed by atoms with E-state index in [1.54, 1.807) is 0 Å². The number of aromatic nitrogens is 3. The standard InChI is InChI=1S/C22H22N4O2S/c27-20(14-29-22-23-21(24-25-22)19-10-5-13-28-19)26-17-8-3-1-6-15(17)11-12-16-7-2-4-9-18(16)26/h1-4,6-9,19H,5,10-14H2,(H,23,24,25). The number of hydrogen-bond acceptors (Lipinski definition) is 5. The van der Waals surface area contributed by atoms with Crippen molar-refractivity contribution in [2.45, 2.75) is 36.9 Å². The van der Waals surface area contributed by atoms with Crippen LogP contribution in [0.15, 0.2) is 53.7 Å². The Morgan fingerprint density at radius 3 is 2.45 bits per heavy atom. The molecule has 1 amide bonds. The number of rotatable bonds is 4. The molecule has 3 aromatic rings. The molecule has 7 heteroatoms. The van der Waals surface area contributed by atoms with E-state index in [2.05, 4.69) is 27.3 Å². The minimum absolute atomic E-state index is 0.00286. The first kappa shape index (κ1) is 18.4. The molecule has 2 aliphatic rings. The third kappa shape index (κ3) is 3.68. The molecule has 1 N–H and O–H groups in total. The van der Waals surface area contributed by atoms with E-state index in [-0.39, 0.29) is 17.8 Å². The van der Waals surface area contributed by atoms with Gasteiger partial charge < -0.3 is 4.74 Å². The molecular weight excluding hydrogens is 384 g/mol. The number of nitrogens with zero attached hydrogens (tertiary/aromatic N) is 3. The molecule has 0 saturated carbocycles. The topological polar surface area (TPSA) is 71.1 Å². The highest BCUT2D eigenvalue weighted by Crippen LogP contribution is 2.36. The summed E-state index contributed by atoms with van der Waals surface area (Å²) in [5.74, 6) is 1.05. The number of anilines is 2. The Morgan fingerprint density at radius 2 is 1.79 bits per heavy atom. The smallest absolute Gasteiger partial charge is 0.242 e. The lowest BCUT2D eigenvalue weighted by Gasteiger charge is -2.24. The monoisotopic (exact) mass is 406 g/mol. The van der Waals surface area contributed by atoms with Crippen molar-refractivity contribution in [1.82, 2.24) is 15.2 Å². The molecule has 1 saturated heterocycles. The van der Waals surface area contributed by atoms with Crippen LogP contribution in [-0.2, 0) is 22.4 Å². The summed E-state index contributed by atoms with van der Waals surface area (Å²) in [5.41, 5.74) is 4.33. The summed E-state index contributed by atoms with van der Waals surface area (Å²) < 4.78 is 5.65. The first-order chi connectivity index (χ1) is 14.3. The molecule has 0 radical (unpaired) electrons. The van der Waals surface area contributed by atoms with Crippen molar-refractivity contribution in [1.29, 1.82) is 0 Å². The Balaban J connectivity index is 1.38. The highest BCUT2D eigenvalue weighted by molar-refractivity contribution is 7.99. The second-order valence-corrected chi connectivity index (χ2v) is 8.22. The number of aryl methyl sites for hydroxylation is 2. The minimum Gasteiger partial charge on any atom is -0.370 e. The molecule has 1 fully saturated rings. The van der Waals surface area contributed by atoms with Gasteiger partial charge in [0.05, 0.1) is 17.1 Å². The van der Waals surface area contributed by atoms with Crippen molar-refractivity contribution in [2.75, 3.05) is 17.3 Å². The number of carbonyl (C=O) groups excluding carboxylic acids is 1. The van der Waals surface area contributed by atoms with Crippen molar-refractivity contribution in [3.63, 3.8) is 0 Å². The number of thioether (sulfide) groups is 1. The van der Waals surface area contributed by atoms with E-state index in [1.807, 2.05) is 41.3 Å². The molecule has 1 atom stereocenters. The van der Waals surface area contributed by atoms with E-state index in [0.717, 1.165) is 49.5 Å². The van der Waals surface area contributed by atoms with Crippen LogP contribution in [0.25, 0.3) is 0 Å². The van der Waals surface area contributed by atoms with Crippen LogP contribution < -0.4 is 4.90 Å². The van der Waals surface area contributed by atoms with Crippen LogP contribution in [0.2, 0.25) is 0 Å². The van der Waals surface area contributed by atoms with Crippen molar-refractivity contribution < 1.29 is 9.53 Å². The predicted molar refractivity (Wildman–Crippen MR) is 112 cm³/mol. The largest absolute Gasteiger partial charge is 0.370 e. The van der Waals surface area contributed by atoms with Gasteiger partial charge in [-0.1, -0.05) is 48.2 Å². The Labute approximate surface area is 173 Å². The maximum Gasteiger partial charge on any atom is 0.242 e. The van der Waals surface area contributed by atoms with Gasteiger partial charge in [-0.05, 0) is 48.9 Å². The molecular formula is C22H22N4O2S. The van der Waals surface area contributed by atoms with Crippen molar-refractivity contribution in [3.8, 4) is 0 Å². The summed E-state index contributed by atoms with van der Waals surface area (Å²) in [6.45, 7) is 0.764. The Hall–Kier alpha value is -2.64. The van der Waals surface area contributed by atoms with Crippen molar-refractivity contribution >= 4 is 29.0 Å². The first-order valence-corrected chi connectivity index (χ1v) is 10.9. The van der Waals surface area contributed by atoms with Crippen LogP contribution in [0.3, 0.4) is 0 Å². The fraction of sp³-hybridized carbons (Fsp3) is 0.318. The maximum absolute atomic E-state index is 13.3. The molecule has 0 bridgehead atoms. The minimum atomic E-state index is -0.00286. The van der Waals surface area contributed by atoms with Gasteiger partial charge in [0.1, 0.15) is 6.10 Å². The van der Waals surface area contributed by atoms with Gasteiger partial charge in [0, 0.05) is 6.61 Å². The van der Waals surface area contributed by atoms with Gasteiger partial charge in [-0.25, -0.2) is 4.98 Å². The molecule has 3 heterocycles. The van der Waals surface area contributed by atoms with Gasteiger partial charge in [0.15, 0.2) is 5.82 Å². The van der Waals surface area contributed by atoms with E-state index in [9.17, 15) is 4.79 Å². The average molecular weight is 407 g/mol. The molecule has 148 valence electrons. The number of benzene rings is 2. The third-order valence-electron chi connectivity index (χ3n) is 5.42. The van der Waals surface area contributed by atoms with Crippen molar-refractivity contribution in [3.05, 3.63) is 65.5 Å². The zero-order valence-corrected chi connectivity index (χ0v) is 16.8. The number of hydrogen-bond donors (Lipinski definition) is 1. The predicted octanol–water partition coefficient (Wildman–Crippen LogP) is 4.21. The van der Waals surface area contributed by atoms with Gasteiger partial charge in [-0.15, -0.1) is 5.10 Å². The normalized spacial score (nSPS) is 18.2. The number of amides is 1. The number of H-pyrrole nitrogens is 1. The third-order valence-corrected chi connectivity index (χ3v) is 6.25. The number of aromatic amines is 1. The van der Waals surface area contributed by atoms with Gasteiger partial charge >= 0.3 is 0 Å². The number of para-hydroxylation sites is 2. The van der Waals surface area contributed by atoms with E-state index in [4.69, 9.17) is 4.74 Å². The summed E-state index contributed by atoms with van der Waals surface area (Å²) in [6.07, 6.45) is 3.85. The molecule has 5 rings (SSSR count). The molecule has 29 heavy (non-hydrogen) atoms. The summed E-state index contributed by atoms with van der Waals surface area (Å²) in [4.78, 5) is 19.7. The molecule has 0 spiro atoms. The van der Waals surface area contributed by atoms with E-state index >= 15 is 0 Å². The first-order valence-electron chi connectivity index (χ1n) is 9.95. The van der Waals surface area contributed by atoms with Crippen LogP contribution in [0.1, 0.15) is 35.9 Å². The summed E-state index contributed by atoms with van der Waals surface area (Å²) in [5, 5.41) is 7.81. The Kier molecular flexibility index (Phi) is 5.08. The molecule has 2 aromatic carbocycles. The number of fused-ring (bicyclic) bond motifs is 2. The molecule has 2 aliphatic heterocycles. The zero-order chi connectivity index (χ0) is 19.6. The van der Waals surface area contributed by atoms with Gasteiger partial charge in [0.2, 0.25) is 11.1 Å². The van der Waals surface area contributed by atoms with Gasteiger partial charge in [-0.3, -0.25) is 14.8 Å². The maximum atomic E-state index is 13.3. The second kappa shape index (κ2) is 8.00. The fourth-order valence-corrected chi connectivity index (χ4v) is 4.65. The van der Waals surface area contributed by atoms with E-state index < -0.39 is 0 Å². The van der Waals surface area contributed by atoms with Crippen LogP contribution in [-0.4, -0.2) is 33.4 Å². The average Bonchev–Trinajstić information content (AvgIpc) is 3.41. The van der Waals surface area contributed by atoms with Gasteiger partial charge in [0.25, 0.3) is 0 Å². The van der Waals surface area contributed by atoms with E-state index in [0.29, 0.717) is 5.16 Å². The quantitative estimate of drug-likeness (QED) is 0.657. The summed E-state index contributed by atoms with van der Waals surface area (Å²) in [6, 6.07) is 16.3. The second-order valence-electron chi connectivity index (χ2n) is 7.28. The molecule has 0 aliphatic carbocycles. The van der Waals surface area contributed by atoms with Crippen LogP contribution in [0, 0.1) is 0 Å². The lowest BCUT2D eigenvalue weighted by Crippen LogP contribution is -2.28. The SMILES string of the molecule is O=C(CSc1n[nH]c(C2CCCO2)n1)N1c2ccccc2CCc2ccccc21. The Bertz CT molecular complexity index is 981. The summed E-state index contributed by atoms with van der Waals surface area (Å²) >= 11 is 1.36. The highest BCUT2D eigenvalue weighted by Gasteiger charge is 2.26. The van der Waals surface area contributed by atoms with Crippen molar-refractivity contribution in [2.24, 2.45) is 0 Å². The Morgan fingerprint density at radius 1 is 1.10 bits per heavy atom. The number of carbonyl (C=O) groups is 1. The lowest BCUT2D eigenvalue weighted by molar-refractivity contribution is -0.115. The number of nitrogens with one attached hydrogen (secondary N) is 1. The van der Waals surface area contributed by atoms with Crippen LogP contribution in [0.4, 0.5) is 11.4 Å². The number of ether oxygens (including phenoxy) is 1. The highest BCUT2D eigenvalue weighted by atomic mass is 32.2. The lowest BCUT2D eigenvalue weighted by atomic mass is 10.0. The fourth-order valence-electron chi connectivity index (χ4n) is 4.00. The molecule has 6 nitrogen and oxygen atoms in total. The van der Waals surface area contributed by atoms with Gasteiger partial charge in [-0.2, -0.15) is 0 Å². The van der Waals surface area contributed by atoms with E-state index in [1.165, 1.54) is 22.9 Å².